The van der Waals surface area contributed by atoms with Crippen molar-refractivity contribution in [1.82, 2.24) is 0 Å². The Hall–Kier alpha value is -1.40. The van der Waals surface area contributed by atoms with E-state index in [0.29, 0.717) is 19.3 Å². The molecule has 0 radical (unpaired) electrons. The van der Waals surface area contributed by atoms with Crippen molar-refractivity contribution in [2.24, 2.45) is 11.8 Å². The predicted octanol–water partition coefficient (Wildman–Crippen LogP) is 2.02. The molecule has 1 heterocycles. The van der Waals surface area contributed by atoms with E-state index in [4.69, 9.17) is 0 Å². The van der Waals surface area contributed by atoms with E-state index in [9.17, 15) is 35.9 Å². The van der Waals surface area contributed by atoms with Crippen molar-refractivity contribution in [3.05, 3.63) is 0 Å². The number of fused-ring (bicyclic) bond motifs is 2. The number of carbonyl (C=O) groups excluding carboxylic acids is 2. The molecule has 24 heavy (non-hydrogen) atoms. The first kappa shape index (κ1) is 17.4. The Bertz CT molecular complexity index is 561. The average Bonchev–Trinajstić information content (AvgIpc) is 2.98. The van der Waals surface area contributed by atoms with E-state index in [2.05, 4.69) is 19.6 Å². The Morgan fingerprint density at radius 3 is 2.12 bits per heavy atom. The highest BCUT2D eigenvalue weighted by molar-refractivity contribution is 5.92. The number of alkyl halides is 6. The van der Waals surface area contributed by atoms with Gasteiger partial charge in [0.05, 0.1) is 0 Å². The number of rotatable bonds is 4. The molecule has 6 nitrogen and oxygen atoms in total. The van der Waals surface area contributed by atoms with E-state index in [1.54, 1.807) is 0 Å². The van der Waals surface area contributed by atoms with Crippen LogP contribution in [0.25, 0.3) is 0 Å². The number of hydrogen-bond acceptors (Lipinski definition) is 6. The molecule has 2 bridgehead atoms. The molecular formula is C12H10F6O6. The van der Waals surface area contributed by atoms with Crippen LogP contribution in [0.4, 0.5) is 26.3 Å². The lowest BCUT2D eigenvalue weighted by Crippen LogP contribution is -2.68. The average molecular weight is 364 g/mol. The maximum atomic E-state index is 14.5. The van der Waals surface area contributed by atoms with Gasteiger partial charge in [-0.1, -0.05) is 5.04 Å². The van der Waals surface area contributed by atoms with Gasteiger partial charge in [0, 0.05) is 11.8 Å². The molecule has 1 aliphatic heterocycles. The summed E-state index contributed by atoms with van der Waals surface area (Å²) >= 11 is 0. The molecular weight excluding hydrogens is 354 g/mol. The third-order valence-electron chi connectivity index (χ3n) is 4.51. The van der Waals surface area contributed by atoms with Gasteiger partial charge in [-0.2, -0.15) is 31.7 Å². The zero-order valence-electron chi connectivity index (χ0n) is 11.6. The molecule has 3 rings (SSSR count). The molecule has 0 aromatic carbocycles. The first-order valence-corrected chi connectivity index (χ1v) is 6.87. The number of ketones is 1. The van der Waals surface area contributed by atoms with Crippen LogP contribution in [0.5, 0.6) is 0 Å². The van der Waals surface area contributed by atoms with Crippen LogP contribution < -0.4 is 0 Å². The summed E-state index contributed by atoms with van der Waals surface area (Å²) in [7, 11) is 0. The number of esters is 1. The summed E-state index contributed by atoms with van der Waals surface area (Å²) in [6.07, 6.45) is -9.76. The zero-order valence-corrected chi connectivity index (χ0v) is 11.6. The summed E-state index contributed by atoms with van der Waals surface area (Å²) in [5.74, 6) is -10.4. The SMILES string of the molecule is O=C1C2CCC(C2)C1OC(=O)C(F)(C1OOO1)C(F)(F)C(F)(F)F. The van der Waals surface area contributed by atoms with Crippen LogP contribution in [0.1, 0.15) is 19.3 Å². The number of ether oxygens (including phenoxy) is 1. The summed E-state index contributed by atoms with van der Waals surface area (Å²) in [4.78, 5) is 31.0. The Labute approximate surface area is 129 Å². The van der Waals surface area contributed by atoms with Gasteiger partial charge in [-0.15, -0.1) is 0 Å². The molecule has 0 N–H and O–H groups in total. The summed E-state index contributed by atoms with van der Waals surface area (Å²) < 4.78 is 83.7. The van der Waals surface area contributed by atoms with E-state index in [-0.39, 0.29) is 0 Å². The van der Waals surface area contributed by atoms with Gasteiger partial charge >= 0.3 is 23.7 Å². The standard InChI is InChI=1S/C12H10F6O6/c13-10(9-22-24-23-9,11(14,15)12(16,17)18)8(20)21-7-5-2-1-4(3-5)6(7)19/h4-5,7,9H,1-3H2. The summed E-state index contributed by atoms with van der Waals surface area (Å²) in [6, 6.07) is 0. The monoisotopic (exact) mass is 364 g/mol. The van der Waals surface area contributed by atoms with E-state index >= 15 is 0 Å². The van der Waals surface area contributed by atoms with Gasteiger partial charge in [0.2, 0.25) is 0 Å². The molecule has 1 saturated heterocycles. The molecule has 2 saturated carbocycles. The first-order valence-electron chi connectivity index (χ1n) is 6.87. The molecule has 3 fully saturated rings. The van der Waals surface area contributed by atoms with E-state index in [0.717, 1.165) is 0 Å². The van der Waals surface area contributed by atoms with Crippen LogP contribution in [-0.2, 0) is 29.1 Å². The molecule has 0 spiro atoms. The van der Waals surface area contributed by atoms with Gasteiger partial charge in [-0.3, -0.25) is 4.79 Å². The number of halogens is 6. The lowest BCUT2D eigenvalue weighted by molar-refractivity contribution is -0.706. The highest BCUT2D eigenvalue weighted by atomic mass is 19.4. The molecule has 0 amide bonds. The lowest BCUT2D eigenvalue weighted by atomic mass is 9.94. The molecule has 4 unspecified atom stereocenters. The van der Waals surface area contributed by atoms with Gasteiger partial charge in [-0.05, 0) is 19.3 Å². The maximum absolute atomic E-state index is 14.5. The second-order valence-corrected chi connectivity index (χ2v) is 5.87. The van der Waals surface area contributed by atoms with Gasteiger partial charge in [0.25, 0.3) is 6.29 Å². The largest absolute Gasteiger partial charge is 0.457 e. The summed E-state index contributed by atoms with van der Waals surface area (Å²) in [6.45, 7) is 0. The van der Waals surface area contributed by atoms with E-state index in [1.165, 1.54) is 0 Å². The number of carbonyl (C=O) groups is 2. The minimum absolute atomic E-state index is 0.311. The van der Waals surface area contributed by atoms with Crippen LogP contribution in [0, 0.1) is 11.8 Å². The lowest BCUT2D eigenvalue weighted by Gasteiger charge is -2.39. The number of Topliss-reactive ketones (excluding diaryl/α,β-unsaturated/α-hetero) is 1. The predicted molar refractivity (Wildman–Crippen MR) is 57.6 cm³/mol. The van der Waals surface area contributed by atoms with Crippen LogP contribution in [0.15, 0.2) is 0 Å². The van der Waals surface area contributed by atoms with Gasteiger partial charge < -0.3 is 4.74 Å². The Morgan fingerprint density at radius 1 is 1.08 bits per heavy atom. The highest BCUT2D eigenvalue weighted by Gasteiger charge is 2.81. The van der Waals surface area contributed by atoms with Crippen LogP contribution in [0.3, 0.4) is 0 Å². The molecule has 4 atom stereocenters. The van der Waals surface area contributed by atoms with Crippen molar-refractivity contribution < 1.29 is 55.5 Å². The fourth-order valence-corrected chi connectivity index (χ4v) is 3.16. The van der Waals surface area contributed by atoms with Crippen molar-refractivity contribution in [3.63, 3.8) is 0 Å². The van der Waals surface area contributed by atoms with Crippen molar-refractivity contribution in [2.75, 3.05) is 0 Å². The normalized spacial score (nSPS) is 33.2. The quantitative estimate of drug-likeness (QED) is 0.432. The molecule has 0 aromatic heterocycles. The third-order valence-corrected chi connectivity index (χ3v) is 4.51. The van der Waals surface area contributed by atoms with E-state index < -0.39 is 53.7 Å². The third kappa shape index (κ3) is 2.23. The molecule has 2 aliphatic carbocycles. The highest BCUT2D eigenvalue weighted by Crippen LogP contribution is 2.51. The van der Waals surface area contributed by atoms with Crippen molar-refractivity contribution in [2.45, 2.75) is 49.4 Å². The maximum Gasteiger partial charge on any atom is 0.457 e. The number of hydrogen-bond donors (Lipinski definition) is 0. The fourth-order valence-electron chi connectivity index (χ4n) is 3.16. The Morgan fingerprint density at radius 2 is 1.71 bits per heavy atom. The van der Waals surface area contributed by atoms with Crippen LogP contribution in [-0.4, -0.2) is 41.9 Å². The second kappa shape index (κ2) is 5.30. The van der Waals surface area contributed by atoms with Crippen molar-refractivity contribution in [3.8, 4) is 0 Å². The smallest absolute Gasteiger partial charge is 0.451 e. The van der Waals surface area contributed by atoms with Gasteiger partial charge in [0.15, 0.2) is 11.9 Å². The van der Waals surface area contributed by atoms with Gasteiger partial charge in [-0.25, -0.2) is 9.18 Å². The molecule has 136 valence electrons. The Balaban J connectivity index is 1.86. The Kier molecular flexibility index (Phi) is 3.85. The summed E-state index contributed by atoms with van der Waals surface area (Å²) in [5.41, 5.74) is -5.06. The molecule has 12 heteroatoms. The summed E-state index contributed by atoms with van der Waals surface area (Å²) in [5, 5.41) is 3.46. The van der Waals surface area contributed by atoms with Crippen molar-refractivity contribution in [1.29, 1.82) is 0 Å². The topological polar surface area (TPSA) is 71.1 Å². The van der Waals surface area contributed by atoms with Gasteiger partial charge in [0.1, 0.15) is 0 Å². The van der Waals surface area contributed by atoms with Crippen LogP contribution in [0.2, 0.25) is 0 Å². The fraction of sp³-hybridized carbons (Fsp3) is 0.833. The van der Waals surface area contributed by atoms with Crippen LogP contribution >= 0.6 is 0 Å². The first-order chi connectivity index (χ1) is 11.0. The van der Waals surface area contributed by atoms with E-state index in [1.807, 2.05) is 0 Å². The second-order valence-electron chi connectivity index (χ2n) is 5.87. The minimum Gasteiger partial charge on any atom is -0.451 e. The minimum atomic E-state index is -6.44. The molecule has 3 aliphatic rings. The zero-order chi connectivity index (χ0) is 17.9. The van der Waals surface area contributed by atoms with Crippen molar-refractivity contribution >= 4 is 11.8 Å². The molecule has 0 aromatic rings.